The Labute approximate surface area is 126 Å². The number of pyridine rings is 2. The Morgan fingerprint density at radius 1 is 1.18 bits per heavy atom. The van der Waals surface area contributed by atoms with Gasteiger partial charge in [0.05, 0.1) is 23.9 Å². The molecule has 0 unspecified atom stereocenters. The summed E-state index contributed by atoms with van der Waals surface area (Å²) < 4.78 is 1.60. The maximum absolute atomic E-state index is 12.0. The van der Waals surface area contributed by atoms with Crippen LogP contribution in [-0.2, 0) is 4.79 Å². The van der Waals surface area contributed by atoms with Gasteiger partial charge in [-0.1, -0.05) is 6.07 Å². The van der Waals surface area contributed by atoms with Crippen molar-refractivity contribution in [2.75, 3.05) is 11.9 Å². The largest absolute Gasteiger partial charge is 0.342 e. The summed E-state index contributed by atoms with van der Waals surface area (Å²) in [5, 5.41) is 9.30. The van der Waals surface area contributed by atoms with Gasteiger partial charge in [0.25, 0.3) is 5.91 Å². The smallest absolute Gasteiger partial charge is 0.272 e. The fraction of sp³-hybridized carbons (Fsp3) is 0.0667. The van der Waals surface area contributed by atoms with Gasteiger partial charge in [0.15, 0.2) is 5.69 Å². The molecule has 0 saturated carbocycles. The first-order valence-electron chi connectivity index (χ1n) is 6.65. The fourth-order valence-electron chi connectivity index (χ4n) is 1.94. The highest BCUT2D eigenvalue weighted by Crippen LogP contribution is 2.05. The Kier molecular flexibility index (Phi) is 3.78. The molecular formula is C15H13N5O2. The second-order valence-electron chi connectivity index (χ2n) is 4.57. The van der Waals surface area contributed by atoms with Gasteiger partial charge in [-0.25, -0.2) is 4.52 Å². The fourth-order valence-corrected chi connectivity index (χ4v) is 1.94. The molecule has 3 aromatic heterocycles. The molecule has 0 aliphatic carbocycles. The lowest BCUT2D eigenvalue weighted by atomic mass is 10.3. The SMILES string of the molecule is O=C(CNC(=O)c1cc2ccccn2n1)Nc1cccnc1. The van der Waals surface area contributed by atoms with Crippen molar-refractivity contribution in [3.8, 4) is 0 Å². The number of aromatic nitrogens is 3. The van der Waals surface area contributed by atoms with E-state index < -0.39 is 5.91 Å². The number of hydrogen-bond acceptors (Lipinski definition) is 4. The first kappa shape index (κ1) is 13.7. The van der Waals surface area contributed by atoms with Crippen LogP contribution < -0.4 is 10.6 Å². The average Bonchev–Trinajstić information content (AvgIpc) is 2.98. The molecule has 2 amide bonds. The van der Waals surface area contributed by atoms with Gasteiger partial charge in [-0.3, -0.25) is 14.6 Å². The zero-order chi connectivity index (χ0) is 15.4. The van der Waals surface area contributed by atoms with Gasteiger partial charge in [0.1, 0.15) is 0 Å². The molecule has 7 nitrogen and oxygen atoms in total. The molecule has 0 atom stereocenters. The molecule has 0 aliphatic rings. The van der Waals surface area contributed by atoms with Crippen LogP contribution in [0.3, 0.4) is 0 Å². The molecule has 0 aromatic carbocycles. The van der Waals surface area contributed by atoms with E-state index in [0.29, 0.717) is 5.69 Å². The molecule has 3 rings (SSSR count). The second-order valence-corrected chi connectivity index (χ2v) is 4.57. The van der Waals surface area contributed by atoms with Crippen molar-refractivity contribution >= 4 is 23.0 Å². The van der Waals surface area contributed by atoms with Crippen LogP contribution in [0.2, 0.25) is 0 Å². The summed E-state index contributed by atoms with van der Waals surface area (Å²) in [5.74, 6) is -0.727. The minimum Gasteiger partial charge on any atom is -0.342 e. The summed E-state index contributed by atoms with van der Waals surface area (Å²) in [6.07, 6.45) is 4.89. The molecule has 0 radical (unpaired) electrons. The maximum Gasteiger partial charge on any atom is 0.272 e. The van der Waals surface area contributed by atoms with E-state index in [9.17, 15) is 9.59 Å². The third-order valence-corrected chi connectivity index (χ3v) is 2.96. The van der Waals surface area contributed by atoms with Gasteiger partial charge in [0, 0.05) is 12.4 Å². The zero-order valence-electron chi connectivity index (χ0n) is 11.6. The summed E-state index contributed by atoms with van der Waals surface area (Å²) in [5.41, 5.74) is 1.65. The number of anilines is 1. The van der Waals surface area contributed by atoms with Crippen molar-refractivity contribution in [1.29, 1.82) is 0 Å². The molecule has 0 aliphatic heterocycles. The Morgan fingerprint density at radius 2 is 2.09 bits per heavy atom. The Morgan fingerprint density at radius 3 is 2.86 bits per heavy atom. The number of amides is 2. The molecule has 7 heteroatoms. The maximum atomic E-state index is 12.0. The van der Waals surface area contributed by atoms with Crippen LogP contribution in [0.5, 0.6) is 0 Å². The van der Waals surface area contributed by atoms with E-state index in [4.69, 9.17) is 0 Å². The minimum absolute atomic E-state index is 0.137. The van der Waals surface area contributed by atoms with Gasteiger partial charge in [0.2, 0.25) is 5.91 Å². The average molecular weight is 295 g/mol. The van der Waals surface area contributed by atoms with Crippen LogP contribution >= 0.6 is 0 Å². The van der Waals surface area contributed by atoms with E-state index in [1.165, 1.54) is 6.20 Å². The standard InChI is InChI=1S/C15H13N5O2/c21-14(18-11-4-3-6-16-9-11)10-17-15(22)13-8-12-5-1-2-7-20(12)19-13/h1-9H,10H2,(H,17,22)(H,18,21). The van der Waals surface area contributed by atoms with Gasteiger partial charge >= 0.3 is 0 Å². The minimum atomic E-state index is -0.398. The molecule has 3 aromatic rings. The summed E-state index contributed by atoms with van der Waals surface area (Å²) in [7, 11) is 0. The molecule has 3 heterocycles. The second kappa shape index (κ2) is 6.04. The third kappa shape index (κ3) is 3.09. The highest BCUT2D eigenvalue weighted by Gasteiger charge is 2.12. The summed E-state index contributed by atoms with van der Waals surface area (Å²) in [6.45, 7) is -0.137. The highest BCUT2D eigenvalue weighted by molar-refractivity contribution is 5.98. The van der Waals surface area contributed by atoms with Gasteiger partial charge in [-0.2, -0.15) is 5.10 Å². The predicted molar refractivity (Wildman–Crippen MR) is 80.4 cm³/mol. The quantitative estimate of drug-likeness (QED) is 0.754. The summed E-state index contributed by atoms with van der Waals surface area (Å²) in [6, 6.07) is 10.6. The third-order valence-electron chi connectivity index (χ3n) is 2.96. The molecule has 22 heavy (non-hydrogen) atoms. The molecule has 0 spiro atoms. The number of fused-ring (bicyclic) bond motifs is 1. The van der Waals surface area contributed by atoms with Crippen LogP contribution in [0.25, 0.3) is 5.52 Å². The van der Waals surface area contributed by atoms with Crippen molar-refractivity contribution in [2.45, 2.75) is 0 Å². The van der Waals surface area contributed by atoms with Gasteiger partial charge < -0.3 is 10.6 Å². The topological polar surface area (TPSA) is 88.4 Å². The molecule has 0 saturated heterocycles. The van der Waals surface area contributed by atoms with Crippen LogP contribution in [0, 0.1) is 0 Å². The number of nitrogens with zero attached hydrogens (tertiary/aromatic N) is 3. The number of carbonyl (C=O) groups excluding carboxylic acids is 2. The first-order valence-corrected chi connectivity index (χ1v) is 6.65. The van der Waals surface area contributed by atoms with Crippen LogP contribution in [0.15, 0.2) is 55.0 Å². The molecular weight excluding hydrogens is 282 g/mol. The van der Waals surface area contributed by atoms with Crippen LogP contribution in [0.4, 0.5) is 5.69 Å². The van der Waals surface area contributed by atoms with Crippen molar-refractivity contribution in [3.05, 3.63) is 60.7 Å². The lowest BCUT2D eigenvalue weighted by molar-refractivity contribution is -0.115. The Balaban J connectivity index is 1.59. The number of rotatable bonds is 4. The first-order chi connectivity index (χ1) is 10.7. The number of hydrogen-bond donors (Lipinski definition) is 2. The van der Waals surface area contributed by atoms with Crippen LogP contribution in [0.1, 0.15) is 10.5 Å². The zero-order valence-corrected chi connectivity index (χ0v) is 11.6. The van der Waals surface area contributed by atoms with E-state index in [1.807, 2.05) is 18.2 Å². The predicted octanol–water partition coefficient (Wildman–Crippen LogP) is 1.10. The number of nitrogens with one attached hydrogen (secondary N) is 2. The van der Waals surface area contributed by atoms with Crippen LogP contribution in [-0.4, -0.2) is 33.0 Å². The lowest BCUT2D eigenvalue weighted by Gasteiger charge is -2.05. The normalized spacial score (nSPS) is 10.4. The van der Waals surface area contributed by atoms with E-state index in [0.717, 1.165) is 5.52 Å². The van der Waals surface area contributed by atoms with E-state index in [2.05, 4.69) is 20.7 Å². The van der Waals surface area contributed by atoms with E-state index >= 15 is 0 Å². The monoisotopic (exact) mass is 295 g/mol. The van der Waals surface area contributed by atoms with Crippen molar-refractivity contribution in [1.82, 2.24) is 19.9 Å². The molecule has 2 N–H and O–H groups in total. The lowest BCUT2D eigenvalue weighted by Crippen LogP contribution is -2.33. The van der Waals surface area contributed by atoms with Crippen molar-refractivity contribution in [3.63, 3.8) is 0 Å². The Bertz CT molecular complexity index is 780. The highest BCUT2D eigenvalue weighted by atomic mass is 16.2. The van der Waals surface area contributed by atoms with E-state index in [-0.39, 0.29) is 18.1 Å². The summed E-state index contributed by atoms with van der Waals surface area (Å²) in [4.78, 5) is 27.6. The summed E-state index contributed by atoms with van der Waals surface area (Å²) >= 11 is 0. The molecule has 0 bridgehead atoms. The molecule has 110 valence electrons. The van der Waals surface area contributed by atoms with Crippen molar-refractivity contribution in [2.24, 2.45) is 0 Å². The Hall–Kier alpha value is -3.22. The number of carbonyl (C=O) groups is 2. The van der Waals surface area contributed by atoms with Crippen molar-refractivity contribution < 1.29 is 9.59 Å². The molecule has 0 fully saturated rings. The van der Waals surface area contributed by atoms with Gasteiger partial charge in [-0.05, 0) is 30.3 Å². The van der Waals surface area contributed by atoms with Gasteiger partial charge in [-0.15, -0.1) is 0 Å². The van der Waals surface area contributed by atoms with E-state index in [1.54, 1.807) is 35.1 Å².